The van der Waals surface area contributed by atoms with Gasteiger partial charge in [-0.2, -0.15) is 4.31 Å². The molecule has 3 aliphatic rings. The van der Waals surface area contributed by atoms with Crippen molar-refractivity contribution in [2.75, 3.05) is 24.6 Å². The number of aromatic nitrogens is 1. The van der Waals surface area contributed by atoms with Crippen LogP contribution in [0.2, 0.25) is 4.34 Å². The summed E-state index contributed by atoms with van der Waals surface area (Å²) in [5, 5.41) is 12.5. The normalized spacial score (nSPS) is 25.3. The van der Waals surface area contributed by atoms with E-state index >= 15 is 0 Å². The number of sulfonamides is 1. The second kappa shape index (κ2) is 9.47. The van der Waals surface area contributed by atoms with Gasteiger partial charge in [0.25, 0.3) is 0 Å². The van der Waals surface area contributed by atoms with Crippen LogP contribution in [0.3, 0.4) is 0 Å². The summed E-state index contributed by atoms with van der Waals surface area (Å²) < 4.78 is 35.7. The SMILES string of the molecule is CCN1[N-][NH+]2C[C@@H]3CN(Cc4cc(sc4Cl)[C@@H](CC(=O)O)c4ccc1c2c4C)S(=O)(=O)c1cnccc1O3. The highest BCUT2D eigenvalue weighted by Gasteiger charge is 2.39. The lowest BCUT2D eigenvalue weighted by atomic mass is 9.89. The van der Waals surface area contributed by atoms with Gasteiger partial charge in [0.1, 0.15) is 22.9 Å². The van der Waals surface area contributed by atoms with E-state index in [0.29, 0.717) is 23.0 Å². The summed E-state index contributed by atoms with van der Waals surface area (Å²) in [4.78, 5) is 16.8. The van der Waals surface area contributed by atoms with E-state index in [1.807, 2.05) is 37.1 Å². The fourth-order valence-corrected chi connectivity index (χ4v) is 8.46. The molecule has 1 aromatic carbocycles. The van der Waals surface area contributed by atoms with Gasteiger partial charge in [-0.15, -0.1) is 11.3 Å². The average molecular weight is 576 g/mol. The van der Waals surface area contributed by atoms with Crippen molar-refractivity contribution >= 4 is 50.3 Å². The van der Waals surface area contributed by atoms with Gasteiger partial charge in [0.2, 0.25) is 10.0 Å². The zero-order chi connectivity index (χ0) is 26.8. The maximum atomic E-state index is 13.8. The highest BCUT2D eigenvalue weighted by atomic mass is 35.5. The molecule has 3 aliphatic heterocycles. The molecule has 2 unspecified atom stereocenters. The van der Waals surface area contributed by atoms with Gasteiger partial charge in [0.15, 0.2) is 6.10 Å². The van der Waals surface area contributed by atoms with Crippen LogP contribution < -0.4 is 14.8 Å². The molecule has 0 radical (unpaired) electrons. The van der Waals surface area contributed by atoms with Gasteiger partial charge in [-0.05, 0) is 43.2 Å². The molecular formula is C25H26ClN5O5S2. The fourth-order valence-electron chi connectivity index (χ4n) is 5.55. The zero-order valence-electron chi connectivity index (χ0n) is 20.7. The number of aliphatic carboxylic acids is 1. The molecule has 0 spiro atoms. The molecule has 200 valence electrons. The van der Waals surface area contributed by atoms with E-state index in [4.69, 9.17) is 21.9 Å². The third kappa shape index (κ3) is 4.16. The van der Waals surface area contributed by atoms with E-state index in [0.717, 1.165) is 32.4 Å². The van der Waals surface area contributed by atoms with Gasteiger partial charge in [0, 0.05) is 35.6 Å². The maximum absolute atomic E-state index is 13.8. The van der Waals surface area contributed by atoms with E-state index in [1.165, 1.54) is 28.0 Å². The predicted octanol–water partition coefficient (Wildman–Crippen LogP) is 3.24. The number of nitrogens with one attached hydrogen (secondary N) is 1. The van der Waals surface area contributed by atoms with Gasteiger partial charge in [0.05, 0.1) is 29.2 Å². The Balaban J connectivity index is 1.57. The van der Waals surface area contributed by atoms with Crippen LogP contribution in [0.5, 0.6) is 5.75 Å². The fraction of sp³-hybridized carbons (Fsp3) is 0.360. The Kier molecular flexibility index (Phi) is 6.36. The summed E-state index contributed by atoms with van der Waals surface area (Å²) in [6.45, 7) is 5.15. The molecule has 5 heterocycles. The summed E-state index contributed by atoms with van der Waals surface area (Å²) in [7, 11) is -3.95. The minimum atomic E-state index is -3.95. The van der Waals surface area contributed by atoms with Crippen LogP contribution in [0.15, 0.2) is 41.6 Å². The first kappa shape index (κ1) is 25.5. The van der Waals surface area contributed by atoms with Gasteiger partial charge in [-0.1, -0.05) is 17.7 Å². The van der Waals surface area contributed by atoms with Crippen molar-refractivity contribution in [3.8, 4) is 5.75 Å². The van der Waals surface area contributed by atoms with Crippen LogP contribution in [0.4, 0.5) is 11.4 Å². The molecule has 38 heavy (non-hydrogen) atoms. The summed E-state index contributed by atoms with van der Waals surface area (Å²) >= 11 is 7.96. The molecule has 4 atom stereocenters. The first-order valence-electron chi connectivity index (χ1n) is 12.3. The molecule has 2 N–H and O–H groups in total. The lowest BCUT2D eigenvalue weighted by molar-refractivity contribution is -0.791. The number of carboxylic acids is 1. The molecule has 0 amide bonds. The smallest absolute Gasteiger partial charge is 0.304 e. The van der Waals surface area contributed by atoms with Crippen LogP contribution in [-0.4, -0.2) is 54.5 Å². The molecule has 6 rings (SSSR count). The quantitative estimate of drug-likeness (QED) is 0.492. The number of pyridine rings is 1. The predicted molar refractivity (Wildman–Crippen MR) is 143 cm³/mol. The number of anilines is 1. The first-order chi connectivity index (χ1) is 18.2. The van der Waals surface area contributed by atoms with Crippen molar-refractivity contribution < 1.29 is 28.1 Å². The summed E-state index contributed by atoms with van der Waals surface area (Å²) in [6, 6.07) is 7.39. The standard InChI is InChI=1S/C25H26ClN5O5S2/c1-3-30-19-5-4-17-14(2)24(19)31(28-30)13-16-12-29(38(34,35)22-10-27-7-6-20(22)36-16)11-15-8-21(37-25(15)26)18(17)9-23(32)33/h4-8,10,16,18,31H,3,9,11-13H2,1-2H3,(H,32,33)/t16-,18-/m0/s1. The van der Waals surface area contributed by atoms with E-state index in [2.05, 4.69) is 4.98 Å². The van der Waals surface area contributed by atoms with Gasteiger partial charge in [-0.3, -0.25) is 9.78 Å². The Bertz CT molecular complexity index is 1540. The third-order valence-corrected chi connectivity index (χ3v) is 10.7. The summed E-state index contributed by atoms with van der Waals surface area (Å²) in [5.41, 5.74) is 9.26. The number of halogens is 1. The number of nitrogens with zero attached hydrogens (tertiary/aromatic N) is 4. The average Bonchev–Trinajstić information content (AvgIpc) is 3.39. The molecule has 13 heteroatoms. The van der Waals surface area contributed by atoms with Crippen LogP contribution in [0.25, 0.3) is 5.53 Å². The molecule has 6 bridgehead atoms. The number of carboxylic acid groups (broad SMARTS) is 1. The number of fused-ring (bicyclic) bond motifs is 6. The van der Waals surface area contributed by atoms with Crippen LogP contribution in [0.1, 0.15) is 40.8 Å². The number of hydrogen-bond acceptors (Lipinski definition) is 7. The first-order valence-corrected chi connectivity index (χ1v) is 14.9. The zero-order valence-corrected chi connectivity index (χ0v) is 23.1. The minimum absolute atomic E-state index is 0.00679. The molecular weight excluding hydrogens is 550 g/mol. The van der Waals surface area contributed by atoms with Crippen molar-refractivity contribution in [2.45, 2.75) is 43.7 Å². The summed E-state index contributed by atoms with van der Waals surface area (Å²) in [5.74, 6) is -1.11. The van der Waals surface area contributed by atoms with Crippen LogP contribution in [0, 0.1) is 6.92 Å². The highest BCUT2D eigenvalue weighted by Crippen LogP contribution is 2.44. The Hall–Kier alpha value is -2.74. The molecule has 0 saturated carbocycles. The monoisotopic (exact) mass is 575 g/mol. The molecule has 0 fully saturated rings. The van der Waals surface area contributed by atoms with Crippen molar-refractivity contribution in [2.24, 2.45) is 0 Å². The van der Waals surface area contributed by atoms with E-state index in [-0.39, 0.29) is 30.2 Å². The topological polar surface area (TPSA) is 119 Å². The van der Waals surface area contributed by atoms with Gasteiger partial charge in [-0.25, -0.2) is 8.42 Å². The van der Waals surface area contributed by atoms with Gasteiger partial charge >= 0.3 is 5.97 Å². The van der Waals surface area contributed by atoms with E-state index < -0.39 is 28.0 Å². The molecule has 0 saturated heterocycles. The van der Waals surface area contributed by atoms with E-state index in [1.54, 1.807) is 6.07 Å². The molecule has 3 aromatic rings. The highest BCUT2D eigenvalue weighted by molar-refractivity contribution is 7.89. The number of rotatable bonds is 3. The lowest BCUT2D eigenvalue weighted by Gasteiger charge is -2.33. The summed E-state index contributed by atoms with van der Waals surface area (Å²) in [6.07, 6.45) is 2.19. The lowest BCUT2D eigenvalue weighted by Crippen LogP contribution is -3.04. The van der Waals surface area contributed by atoms with Gasteiger partial charge < -0.3 is 25.4 Å². The molecule has 0 aliphatic carbocycles. The van der Waals surface area contributed by atoms with Crippen molar-refractivity contribution in [1.29, 1.82) is 0 Å². The molecule has 10 nitrogen and oxygen atoms in total. The van der Waals surface area contributed by atoms with Crippen molar-refractivity contribution in [1.82, 2.24) is 9.29 Å². The number of hydrogen-bond donors (Lipinski definition) is 2. The number of benzene rings is 1. The largest absolute Gasteiger partial charge is 0.482 e. The number of ether oxygens (including phenoxy) is 1. The molecule has 2 aromatic heterocycles. The van der Waals surface area contributed by atoms with E-state index in [9.17, 15) is 18.3 Å². The number of thiophene rings is 1. The van der Waals surface area contributed by atoms with Crippen LogP contribution in [-0.2, 0) is 21.4 Å². The second-order valence-corrected chi connectivity index (χ2v) is 13.2. The Morgan fingerprint density at radius 1 is 1.37 bits per heavy atom. The maximum Gasteiger partial charge on any atom is 0.304 e. The number of carbonyl (C=O) groups is 1. The minimum Gasteiger partial charge on any atom is -0.482 e. The van der Waals surface area contributed by atoms with Crippen LogP contribution >= 0.6 is 22.9 Å². The van der Waals surface area contributed by atoms with Crippen molar-refractivity contribution in [3.05, 3.63) is 68.1 Å². The Morgan fingerprint density at radius 2 is 2.18 bits per heavy atom. The Morgan fingerprint density at radius 3 is 2.95 bits per heavy atom. The Labute approximate surface area is 229 Å². The van der Waals surface area contributed by atoms with Crippen molar-refractivity contribution in [3.63, 3.8) is 0 Å². The number of quaternary nitrogens is 1. The second-order valence-electron chi connectivity index (χ2n) is 9.60. The third-order valence-electron chi connectivity index (χ3n) is 7.30.